The summed E-state index contributed by atoms with van der Waals surface area (Å²) in [6.45, 7) is 4.58. The van der Waals surface area contributed by atoms with E-state index in [1.807, 2.05) is 0 Å². The molecule has 106 valence electrons. The molecule has 0 aliphatic heterocycles. The number of hydrogen-bond acceptors (Lipinski definition) is 1. The van der Waals surface area contributed by atoms with E-state index >= 15 is 0 Å². The lowest BCUT2D eigenvalue weighted by Crippen LogP contribution is -1.82. The number of unbranched alkanes of at least 4 members (excludes halogenated alkanes) is 12. The van der Waals surface area contributed by atoms with Gasteiger partial charge >= 0.3 is 0 Å². The van der Waals surface area contributed by atoms with Gasteiger partial charge in [-0.3, -0.25) is 0 Å². The summed E-state index contributed by atoms with van der Waals surface area (Å²) in [6.07, 6.45) is 20.6. The minimum Gasteiger partial charge on any atom is -0.183 e. The fourth-order valence-corrected chi connectivity index (χ4v) is 2.09. The second-order valence-corrected chi connectivity index (χ2v) is 4.89. The van der Waals surface area contributed by atoms with Crippen LogP contribution in [-0.4, -0.2) is 6.26 Å². The molecular weight excluding hydrogens is 224 g/mol. The van der Waals surface area contributed by atoms with Gasteiger partial charge in [-0.2, -0.15) is 12.6 Å². The predicted octanol–water partition coefficient (Wildman–Crippen LogP) is 6.64. The van der Waals surface area contributed by atoms with Crippen LogP contribution in [0.5, 0.6) is 0 Å². The number of hydrogen-bond donors (Lipinski definition) is 1. The van der Waals surface area contributed by atoms with Gasteiger partial charge in [0.05, 0.1) is 0 Å². The lowest BCUT2D eigenvalue weighted by molar-refractivity contribution is 0.542. The highest BCUT2D eigenvalue weighted by molar-refractivity contribution is 7.79. The van der Waals surface area contributed by atoms with E-state index in [1.54, 1.807) is 6.26 Å². The third-order valence-corrected chi connectivity index (χ3v) is 3.21. The van der Waals surface area contributed by atoms with Gasteiger partial charge in [0.25, 0.3) is 0 Å². The van der Waals surface area contributed by atoms with Gasteiger partial charge in [-0.1, -0.05) is 97.3 Å². The van der Waals surface area contributed by atoms with E-state index in [0.29, 0.717) is 0 Å². The molecular formula is C16H36S. The van der Waals surface area contributed by atoms with Crippen molar-refractivity contribution >= 4 is 12.6 Å². The fourth-order valence-electron chi connectivity index (χ4n) is 2.09. The zero-order valence-electron chi connectivity index (χ0n) is 12.6. The molecule has 0 saturated heterocycles. The second-order valence-electron chi connectivity index (χ2n) is 4.89. The minimum atomic E-state index is 1.37. The van der Waals surface area contributed by atoms with Crippen LogP contribution < -0.4 is 0 Å². The Balaban J connectivity index is 0. The van der Waals surface area contributed by atoms with E-state index in [0.717, 1.165) is 0 Å². The van der Waals surface area contributed by atoms with Crippen molar-refractivity contribution in [3.05, 3.63) is 0 Å². The summed E-state index contributed by atoms with van der Waals surface area (Å²) >= 11 is 3.53. The summed E-state index contributed by atoms with van der Waals surface area (Å²) in [5.74, 6) is 0. The first-order chi connectivity index (χ1) is 8.41. The van der Waals surface area contributed by atoms with Gasteiger partial charge in [0.1, 0.15) is 0 Å². The lowest BCUT2D eigenvalue weighted by Gasteiger charge is -2.01. The predicted molar refractivity (Wildman–Crippen MR) is 86.3 cm³/mol. The maximum absolute atomic E-state index is 3.53. The van der Waals surface area contributed by atoms with Crippen LogP contribution in [0, 0.1) is 0 Å². The second kappa shape index (κ2) is 21.6. The first-order valence-electron chi connectivity index (χ1n) is 7.86. The summed E-state index contributed by atoms with van der Waals surface area (Å²) in [7, 11) is 0. The topological polar surface area (TPSA) is 0 Å². The Kier molecular flexibility index (Phi) is 25.0. The molecule has 0 fully saturated rings. The van der Waals surface area contributed by atoms with Gasteiger partial charge in [0, 0.05) is 0 Å². The zero-order valence-corrected chi connectivity index (χ0v) is 13.5. The molecule has 0 radical (unpaired) electrons. The van der Waals surface area contributed by atoms with Crippen molar-refractivity contribution in [3.63, 3.8) is 0 Å². The Morgan fingerprint density at radius 2 is 0.588 bits per heavy atom. The number of rotatable bonds is 12. The summed E-state index contributed by atoms with van der Waals surface area (Å²) < 4.78 is 0. The van der Waals surface area contributed by atoms with Crippen molar-refractivity contribution in [2.75, 3.05) is 6.26 Å². The van der Waals surface area contributed by atoms with Gasteiger partial charge in [0.15, 0.2) is 0 Å². The molecule has 0 aliphatic carbocycles. The summed E-state index contributed by atoms with van der Waals surface area (Å²) in [5, 5.41) is 0. The monoisotopic (exact) mass is 260 g/mol. The third-order valence-electron chi connectivity index (χ3n) is 3.21. The van der Waals surface area contributed by atoms with E-state index in [9.17, 15) is 0 Å². The molecule has 0 aromatic carbocycles. The summed E-state index contributed by atoms with van der Waals surface area (Å²) in [6, 6.07) is 0. The van der Waals surface area contributed by atoms with Crippen LogP contribution in [0.1, 0.15) is 97.3 Å². The van der Waals surface area contributed by atoms with Crippen molar-refractivity contribution < 1.29 is 0 Å². The van der Waals surface area contributed by atoms with Crippen LogP contribution in [0.2, 0.25) is 0 Å². The zero-order chi connectivity index (χ0) is 13.2. The molecule has 0 aromatic rings. The Hall–Kier alpha value is 0.350. The van der Waals surface area contributed by atoms with Gasteiger partial charge in [-0.25, -0.2) is 0 Å². The van der Waals surface area contributed by atoms with Crippen LogP contribution in [-0.2, 0) is 0 Å². The normalized spacial score (nSPS) is 9.88. The van der Waals surface area contributed by atoms with Crippen LogP contribution >= 0.6 is 12.6 Å². The van der Waals surface area contributed by atoms with Crippen molar-refractivity contribution in [1.82, 2.24) is 0 Å². The van der Waals surface area contributed by atoms with E-state index in [2.05, 4.69) is 26.5 Å². The van der Waals surface area contributed by atoms with Crippen molar-refractivity contribution in [2.45, 2.75) is 97.3 Å². The van der Waals surface area contributed by atoms with Crippen molar-refractivity contribution in [3.8, 4) is 0 Å². The maximum atomic E-state index is 3.53. The smallest absolute Gasteiger partial charge is 0.0215 e. The van der Waals surface area contributed by atoms with E-state index in [4.69, 9.17) is 0 Å². The lowest BCUT2D eigenvalue weighted by atomic mass is 10.1. The Morgan fingerprint density at radius 1 is 0.412 bits per heavy atom. The quantitative estimate of drug-likeness (QED) is 0.295. The minimum absolute atomic E-state index is 1.37. The fraction of sp³-hybridized carbons (Fsp3) is 1.00. The van der Waals surface area contributed by atoms with Gasteiger partial charge in [0.2, 0.25) is 0 Å². The number of thiol groups is 1. The summed E-state index contributed by atoms with van der Waals surface area (Å²) in [5.41, 5.74) is 0. The Morgan fingerprint density at radius 3 is 0.765 bits per heavy atom. The first-order valence-corrected chi connectivity index (χ1v) is 8.76. The average Bonchev–Trinajstić information content (AvgIpc) is 2.38. The van der Waals surface area contributed by atoms with Crippen LogP contribution in [0.3, 0.4) is 0 Å². The highest BCUT2D eigenvalue weighted by atomic mass is 32.1. The van der Waals surface area contributed by atoms with E-state index in [1.165, 1.54) is 83.5 Å². The molecule has 0 atom stereocenters. The van der Waals surface area contributed by atoms with Crippen LogP contribution in [0.15, 0.2) is 0 Å². The molecule has 0 saturated carbocycles. The molecule has 0 bridgehead atoms. The molecule has 17 heavy (non-hydrogen) atoms. The molecule has 0 N–H and O–H groups in total. The Labute approximate surface area is 116 Å². The Bertz CT molecular complexity index is 89.7. The third kappa shape index (κ3) is 22.1. The standard InChI is InChI=1S/C15H32.CH4S/c1-3-5-7-9-11-13-15-14-12-10-8-6-4-2;1-2/h3-15H2,1-2H3;2H,1H3. The largest absolute Gasteiger partial charge is 0.183 e. The summed E-state index contributed by atoms with van der Waals surface area (Å²) in [4.78, 5) is 0. The van der Waals surface area contributed by atoms with Crippen LogP contribution in [0.25, 0.3) is 0 Å². The van der Waals surface area contributed by atoms with Crippen molar-refractivity contribution in [2.24, 2.45) is 0 Å². The molecule has 0 nitrogen and oxygen atoms in total. The molecule has 0 aliphatic rings. The molecule has 0 spiro atoms. The van der Waals surface area contributed by atoms with Crippen molar-refractivity contribution in [1.29, 1.82) is 0 Å². The molecule has 0 rings (SSSR count). The highest BCUT2D eigenvalue weighted by Crippen LogP contribution is 2.12. The molecule has 0 heterocycles. The van der Waals surface area contributed by atoms with Crippen LogP contribution in [0.4, 0.5) is 0 Å². The van der Waals surface area contributed by atoms with E-state index in [-0.39, 0.29) is 0 Å². The van der Waals surface area contributed by atoms with E-state index < -0.39 is 0 Å². The molecule has 0 amide bonds. The SMILES string of the molecule is CCCCCCCCCCCCCCC.CS. The highest BCUT2D eigenvalue weighted by Gasteiger charge is 1.92. The molecule has 0 unspecified atom stereocenters. The van der Waals surface area contributed by atoms with Gasteiger partial charge in [-0.15, -0.1) is 0 Å². The van der Waals surface area contributed by atoms with Gasteiger partial charge < -0.3 is 0 Å². The maximum Gasteiger partial charge on any atom is -0.0215 e. The average molecular weight is 261 g/mol. The molecule has 1 heteroatoms. The molecule has 0 aromatic heterocycles. The first kappa shape index (κ1) is 19.7. The van der Waals surface area contributed by atoms with Gasteiger partial charge in [-0.05, 0) is 6.26 Å².